The Morgan fingerprint density at radius 1 is 1.39 bits per heavy atom. The normalized spacial score (nSPS) is 9.94. The summed E-state index contributed by atoms with van der Waals surface area (Å²) in [4.78, 5) is 24.8. The third-order valence-electron chi connectivity index (χ3n) is 2.27. The van der Waals surface area contributed by atoms with E-state index in [4.69, 9.17) is 5.73 Å². The average Bonchev–Trinajstić information content (AvgIpc) is 2.26. The van der Waals surface area contributed by atoms with Gasteiger partial charge in [-0.1, -0.05) is 15.9 Å². The number of hydrogen-bond acceptors (Lipinski definition) is 3. The molecule has 0 heterocycles. The van der Waals surface area contributed by atoms with Gasteiger partial charge in [0.15, 0.2) is 0 Å². The predicted molar refractivity (Wildman–Crippen MR) is 74.2 cm³/mol. The highest BCUT2D eigenvalue weighted by molar-refractivity contribution is 9.10. The SMILES string of the molecule is CCNC(=O)CN(C)C(=O)c1cc(N)cc(Br)c1. The van der Waals surface area contributed by atoms with Crippen molar-refractivity contribution in [1.82, 2.24) is 10.2 Å². The number of halogens is 1. The molecular formula is C12H16BrN3O2. The zero-order valence-corrected chi connectivity index (χ0v) is 12.0. The van der Waals surface area contributed by atoms with Gasteiger partial charge in [0.05, 0.1) is 6.54 Å². The molecule has 0 bridgehead atoms. The smallest absolute Gasteiger partial charge is 0.254 e. The van der Waals surface area contributed by atoms with Crippen molar-refractivity contribution in [1.29, 1.82) is 0 Å². The van der Waals surface area contributed by atoms with E-state index in [2.05, 4.69) is 21.2 Å². The van der Waals surface area contributed by atoms with Crippen LogP contribution in [-0.4, -0.2) is 36.9 Å². The second kappa shape index (κ2) is 6.39. The molecule has 98 valence electrons. The minimum Gasteiger partial charge on any atom is -0.399 e. The molecule has 0 fully saturated rings. The number of nitrogens with one attached hydrogen (secondary N) is 1. The lowest BCUT2D eigenvalue weighted by Crippen LogP contribution is -2.38. The molecule has 0 aromatic heterocycles. The van der Waals surface area contributed by atoms with E-state index in [1.807, 2.05) is 6.92 Å². The Balaban J connectivity index is 2.77. The number of nitrogens with zero attached hydrogens (tertiary/aromatic N) is 1. The van der Waals surface area contributed by atoms with Gasteiger partial charge in [0.1, 0.15) is 0 Å². The third-order valence-corrected chi connectivity index (χ3v) is 2.73. The Kier molecular flexibility index (Phi) is 5.15. The van der Waals surface area contributed by atoms with Gasteiger partial charge in [0, 0.05) is 29.3 Å². The van der Waals surface area contributed by atoms with Crippen LogP contribution >= 0.6 is 15.9 Å². The van der Waals surface area contributed by atoms with Crippen LogP contribution in [-0.2, 0) is 4.79 Å². The number of nitrogens with two attached hydrogens (primary N) is 1. The van der Waals surface area contributed by atoms with E-state index in [-0.39, 0.29) is 18.4 Å². The van der Waals surface area contributed by atoms with Crippen LogP contribution in [0.15, 0.2) is 22.7 Å². The lowest BCUT2D eigenvalue weighted by Gasteiger charge is -2.17. The van der Waals surface area contributed by atoms with Gasteiger partial charge in [-0.05, 0) is 25.1 Å². The quantitative estimate of drug-likeness (QED) is 0.821. The largest absolute Gasteiger partial charge is 0.399 e. The maximum absolute atomic E-state index is 12.1. The highest BCUT2D eigenvalue weighted by atomic mass is 79.9. The van der Waals surface area contributed by atoms with Gasteiger partial charge >= 0.3 is 0 Å². The number of rotatable bonds is 4. The molecule has 0 saturated carbocycles. The van der Waals surface area contributed by atoms with Crippen molar-refractivity contribution in [3.05, 3.63) is 28.2 Å². The summed E-state index contributed by atoms with van der Waals surface area (Å²) in [5, 5.41) is 2.64. The Morgan fingerprint density at radius 2 is 2.06 bits per heavy atom. The van der Waals surface area contributed by atoms with Crippen molar-refractivity contribution in [2.75, 3.05) is 25.9 Å². The Bertz CT molecular complexity index is 442. The van der Waals surface area contributed by atoms with Crippen molar-refractivity contribution in [3.8, 4) is 0 Å². The van der Waals surface area contributed by atoms with E-state index >= 15 is 0 Å². The van der Waals surface area contributed by atoms with Crippen molar-refractivity contribution < 1.29 is 9.59 Å². The van der Waals surface area contributed by atoms with E-state index in [0.717, 1.165) is 4.47 Å². The molecule has 0 radical (unpaired) electrons. The molecule has 0 aliphatic heterocycles. The van der Waals surface area contributed by atoms with Crippen LogP contribution in [0.3, 0.4) is 0 Å². The molecular weight excluding hydrogens is 298 g/mol. The number of amides is 2. The molecule has 1 aromatic rings. The summed E-state index contributed by atoms with van der Waals surface area (Å²) in [7, 11) is 1.58. The van der Waals surface area contributed by atoms with Crippen LogP contribution in [0.5, 0.6) is 0 Å². The van der Waals surface area contributed by atoms with E-state index in [1.165, 1.54) is 4.90 Å². The highest BCUT2D eigenvalue weighted by Gasteiger charge is 2.15. The van der Waals surface area contributed by atoms with Crippen LogP contribution in [0.1, 0.15) is 17.3 Å². The molecule has 0 unspecified atom stereocenters. The van der Waals surface area contributed by atoms with Crippen LogP contribution in [0.4, 0.5) is 5.69 Å². The third kappa shape index (κ3) is 4.03. The minimum absolute atomic E-state index is 0.0269. The van der Waals surface area contributed by atoms with Crippen molar-refractivity contribution in [3.63, 3.8) is 0 Å². The molecule has 0 aliphatic rings. The van der Waals surface area contributed by atoms with E-state index < -0.39 is 0 Å². The first-order chi connectivity index (χ1) is 8.43. The van der Waals surface area contributed by atoms with Gasteiger partial charge in [-0.25, -0.2) is 0 Å². The zero-order chi connectivity index (χ0) is 13.7. The number of anilines is 1. The zero-order valence-electron chi connectivity index (χ0n) is 10.4. The van der Waals surface area contributed by atoms with E-state index in [0.29, 0.717) is 17.8 Å². The molecule has 0 atom stereocenters. The Labute approximate surface area is 114 Å². The topological polar surface area (TPSA) is 75.4 Å². The molecule has 0 aliphatic carbocycles. The highest BCUT2D eigenvalue weighted by Crippen LogP contribution is 2.18. The van der Waals surface area contributed by atoms with Gasteiger partial charge in [-0.3, -0.25) is 9.59 Å². The van der Waals surface area contributed by atoms with Crippen molar-refractivity contribution in [2.24, 2.45) is 0 Å². The predicted octanol–water partition coefficient (Wildman–Crippen LogP) is 1.24. The fourth-order valence-electron chi connectivity index (χ4n) is 1.50. The molecule has 2 amide bonds. The second-order valence-electron chi connectivity index (χ2n) is 3.89. The second-order valence-corrected chi connectivity index (χ2v) is 4.80. The summed E-state index contributed by atoms with van der Waals surface area (Å²) >= 11 is 3.28. The van der Waals surface area contributed by atoms with Crippen LogP contribution < -0.4 is 11.1 Å². The number of carbonyl (C=O) groups is 2. The number of nitrogen functional groups attached to an aromatic ring is 1. The maximum Gasteiger partial charge on any atom is 0.254 e. The molecule has 5 nitrogen and oxygen atoms in total. The number of likely N-dealkylation sites (N-methyl/N-ethyl adjacent to an activating group) is 2. The summed E-state index contributed by atoms with van der Waals surface area (Å²) in [6.07, 6.45) is 0. The first-order valence-corrected chi connectivity index (χ1v) is 6.31. The fourth-order valence-corrected chi connectivity index (χ4v) is 2.01. The molecule has 18 heavy (non-hydrogen) atoms. The number of hydrogen-bond donors (Lipinski definition) is 2. The van der Waals surface area contributed by atoms with Crippen molar-refractivity contribution in [2.45, 2.75) is 6.92 Å². The van der Waals surface area contributed by atoms with Crippen LogP contribution in [0.2, 0.25) is 0 Å². The van der Waals surface area contributed by atoms with Gasteiger partial charge in [0.25, 0.3) is 5.91 Å². The van der Waals surface area contributed by atoms with Crippen LogP contribution in [0, 0.1) is 0 Å². The summed E-state index contributed by atoms with van der Waals surface area (Å²) in [6.45, 7) is 2.40. The van der Waals surface area contributed by atoms with Gasteiger partial charge < -0.3 is 16.0 Å². The number of carbonyl (C=O) groups excluding carboxylic acids is 2. The lowest BCUT2D eigenvalue weighted by molar-refractivity contribution is -0.121. The van der Waals surface area contributed by atoms with Gasteiger partial charge in [-0.2, -0.15) is 0 Å². The Hall–Kier alpha value is -1.56. The van der Waals surface area contributed by atoms with E-state index in [9.17, 15) is 9.59 Å². The summed E-state index contributed by atoms with van der Waals surface area (Å²) in [5.41, 5.74) is 6.62. The molecule has 3 N–H and O–H groups in total. The van der Waals surface area contributed by atoms with Gasteiger partial charge in [-0.15, -0.1) is 0 Å². The van der Waals surface area contributed by atoms with Crippen LogP contribution in [0.25, 0.3) is 0 Å². The minimum atomic E-state index is -0.241. The molecule has 1 aromatic carbocycles. The number of benzene rings is 1. The molecule has 6 heteroatoms. The summed E-state index contributed by atoms with van der Waals surface area (Å²) in [6, 6.07) is 4.97. The lowest BCUT2D eigenvalue weighted by atomic mass is 10.2. The summed E-state index contributed by atoms with van der Waals surface area (Å²) < 4.78 is 0.734. The standard InChI is InChI=1S/C12H16BrN3O2/c1-3-15-11(17)7-16(2)12(18)8-4-9(13)6-10(14)5-8/h4-6H,3,7,14H2,1-2H3,(H,15,17). The van der Waals surface area contributed by atoms with E-state index in [1.54, 1.807) is 25.2 Å². The molecule has 1 rings (SSSR count). The first-order valence-electron chi connectivity index (χ1n) is 5.52. The molecule has 0 saturated heterocycles. The Morgan fingerprint density at radius 3 is 2.61 bits per heavy atom. The first kappa shape index (κ1) is 14.5. The monoisotopic (exact) mass is 313 g/mol. The van der Waals surface area contributed by atoms with Crippen molar-refractivity contribution >= 4 is 33.4 Å². The fraction of sp³-hybridized carbons (Fsp3) is 0.333. The maximum atomic E-state index is 12.1. The summed E-state index contributed by atoms with van der Waals surface area (Å²) in [5.74, 6) is -0.425. The van der Waals surface area contributed by atoms with Gasteiger partial charge in [0.2, 0.25) is 5.91 Å². The average molecular weight is 314 g/mol. The molecule has 0 spiro atoms.